The van der Waals surface area contributed by atoms with Gasteiger partial charge in [-0.25, -0.2) is 9.59 Å². The summed E-state index contributed by atoms with van der Waals surface area (Å²) in [6.45, 7) is 6.82. The van der Waals surface area contributed by atoms with Gasteiger partial charge in [0, 0.05) is 20.0 Å². The van der Waals surface area contributed by atoms with Crippen molar-refractivity contribution in [1.29, 1.82) is 0 Å². The van der Waals surface area contributed by atoms with E-state index in [0.29, 0.717) is 11.4 Å². The molecule has 1 saturated heterocycles. The van der Waals surface area contributed by atoms with E-state index in [1.807, 2.05) is 26.0 Å². The van der Waals surface area contributed by atoms with Gasteiger partial charge in [0.25, 0.3) is 5.79 Å². The maximum Gasteiger partial charge on any atom is 0.350 e. The van der Waals surface area contributed by atoms with Gasteiger partial charge in [-0.05, 0) is 26.0 Å². The van der Waals surface area contributed by atoms with E-state index in [2.05, 4.69) is 5.32 Å². The Kier molecular flexibility index (Phi) is 4.40. The van der Waals surface area contributed by atoms with Crippen LogP contribution in [-0.4, -0.2) is 23.8 Å². The van der Waals surface area contributed by atoms with Gasteiger partial charge in [-0.1, -0.05) is 12.1 Å². The highest BCUT2D eigenvalue weighted by atomic mass is 16.7. The van der Waals surface area contributed by atoms with Gasteiger partial charge in [-0.15, -0.1) is 0 Å². The number of para-hydroxylation sites is 2. The monoisotopic (exact) mass is 305 g/mol. The number of benzene rings is 1. The lowest BCUT2D eigenvalue weighted by molar-refractivity contribution is -0.222. The molecular formula is C16H19NO5. The molecule has 1 heterocycles. The summed E-state index contributed by atoms with van der Waals surface area (Å²) in [5, 5.41) is 2.89. The average Bonchev–Trinajstić information content (AvgIpc) is 2.37. The van der Waals surface area contributed by atoms with E-state index < -0.39 is 17.7 Å². The Hall–Kier alpha value is -2.50. The molecule has 2 rings (SSSR count). The van der Waals surface area contributed by atoms with Crippen LogP contribution in [-0.2, 0) is 19.1 Å². The normalized spacial score (nSPS) is 16.9. The molecule has 22 heavy (non-hydrogen) atoms. The molecule has 0 aromatic heterocycles. The fraction of sp³-hybridized carbons (Fsp3) is 0.375. The van der Waals surface area contributed by atoms with Crippen molar-refractivity contribution < 1.29 is 23.8 Å². The van der Waals surface area contributed by atoms with E-state index in [4.69, 9.17) is 14.2 Å². The maximum absolute atomic E-state index is 11.8. The lowest BCUT2D eigenvalue weighted by atomic mass is 10.2. The van der Waals surface area contributed by atoms with Crippen molar-refractivity contribution in [1.82, 2.24) is 0 Å². The summed E-state index contributed by atoms with van der Waals surface area (Å²) in [5.74, 6) is -2.08. The fourth-order valence-corrected chi connectivity index (χ4v) is 1.87. The quantitative estimate of drug-likeness (QED) is 0.523. The average molecular weight is 305 g/mol. The van der Waals surface area contributed by atoms with Gasteiger partial charge in [0.1, 0.15) is 5.75 Å². The first-order valence-electron chi connectivity index (χ1n) is 6.97. The van der Waals surface area contributed by atoms with E-state index >= 15 is 0 Å². The summed E-state index contributed by atoms with van der Waals surface area (Å²) in [7, 11) is 0. The Bertz CT molecular complexity index is 597. The Balaban J connectivity index is 2.18. The van der Waals surface area contributed by atoms with Crippen LogP contribution in [0.2, 0.25) is 0 Å². The van der Waals surface area contributed by atoms with Crippen LogP contribution in [0.25, 0.3) is 0 Å². The highest BCUT2D eigenvalue weighted by Gasteiger charge is 2.38. The van der Waals surface area contributed by atoms with Crippen LogP contribution >= 0.6 is 0 Å². The molecule has 0 radical (unpaired) electrons. The van der Waals surface area contributed by atoms with Crippen LogP contribution in [0, 0.1) is 0 Å². The number of ether oxygens (including phenoxy) is 3. The van der Waals surface area contributed by atoms with Gasteiger partial charge in [0.2, 0.25) is 0 Å². The standard InChI is InChI=1S/C16H19NO5/c1-10(2)20-13-8-6-5-7-12(13)17-9-11-14(18)21-16(3,4)22-15(11)19/h5-10,17H,1-4H3. The van der Waals surface area contributed by atoms with Crippen molar-refractivity contribution in [2.75, 3.05) is 5.32 Å². The van der Waals surface area contributed by atoms with E-state index in [-0.39, 0.29) is 11.7 Å². The molecule has 1 fully saturated rings. The number of carbonyl (C=O) groups excluding carboxylic acids is 2. The number of hydrogen-bond donors (Lipinski definition) is 1. The predicted molar refractivity (Wildman–Crippen MR) is 80.2 cm³/mol. The van der Waals surface area contributed by atoms with Crippen LogP contribution in [0.1, 0.15) is 27.7 Å². The van der Waals surface area contributed by atoms with E-state index in [0.717, 1.165) is 0 Å². The van der Waals surface area contributed by atoms with Gasteiger partial charge in [0.05, 0.1) is 11.8 Å². The highest BCUT2D eigenvalue weighted by molar-refractivity contribution is 6.15. The molecule has 6 heteroatoms. The van der Waals surface area contributed by atoms with E-state index in [1.54, 1.807) is 12.1 Å². The molecule has 1 aromatic rings. The molecule has 1 aliphatic rings. The number of rotatable bonds is 4. The summed E-state index contributed by atoms with van der Waals surface area (Å²) in [6.07, 6.45) is 1.27. The predicted octanol–water partition coefficient (Wildman–Crippen LogP) is 2.61. The van der Waals surface area contributed by atoms with Gasteiger partial charge in [0.15, 0.2) is 5.57 Å². The van der Waals surface area contributed by atoms with Crippen molar-refractivity contribution in [3.63, 3.8) is 0 Å². The molecule has 1 N–H and O–H groups in total. The van der Waals surface area contributed by atoms with Crippen molar-refractivity contribution >= 4 is 17.6 Å². The third-order valence-corrected chi connectivity index (χ3v) is 2.74. The molecule has 118 valence electrons. The third kappa shape index (κ3) is 3.78. The van der Waals surface area contributed by atoms with Crippen molar-refractivity contribution in [3.05, 3.63) is 36.0 Å². The third-order valence-electron chi connectivity index (χ3n) is 2.74. The zero-order valence-electron chi connectivity index (χ0n) is 13.0. The molecule has 0 amide bonds. The first kappa shape index (κ1) is 15.9. The largest absolute Gasteiger partial charge is 0.489 e. The van der Waals surface area contributed by atoms with Crippen molar-refractivity contribution in [2.24, 2.45) is 0 Å². The highest BCUT2D eigenvalue weighted by Crippen LogP contribution is 2.26. The summed E-state index contributed by atoms with van der Waals surface area (Å²) in [4.78, 5) is 23.7. The van der Waals surface area contributed by atoms with Gasteiger partial charge < -0.3 is 19.5 Å². The second-order valence-electron chi connectivity index (χ2n) is 5.54. The van der Waals surface area contributed by atoms with Crippen LogP contribution < -0.4 is 10.1 Å². The SMILES string of the molecule is CC(C)Oc1ccccc1NC=C1C(=O)OC(C)(C)OC1=O. The second-order valence-corrected chi connectivity index (χ2v) is 5.54. The molecule has 0 saturated carbocycles. The summed E-state index contributed by atoms with van der Waals surface area (Å²) in [5.41, 5.74) is 0.438. The van der Waals surface area contributed by atoms with Crippen LogP contribution in [0.3, 0.4) is 0 Å². The first-order valence-corrected chi connectivity index (χ1v) is 6.97. The number of anilines is 1. The Morgan fingerprint density at radius 1 is 1.14 bits per heavy atom. The fourth-order valence-electron chi connectivity index (χ4n) is 1.87. The van der Waals surface area contributed by atoms with Gasteiger partial charge in [-0.3, -0.25) is 0 Å². The number of carbonyl (C=O) groups is 2. The number of cyclic esters (lactones) is 2. The minimum atomic E-state index is -1.25. The van der Waals surface area contributed by atoms with Crippen LogP contribution in [0.5, 0.6) is 5.75 Å². The Morgan fingerprint density at radius 3 is 2.32 bits per heavy atom. The topological polar surface area (TPSA) is 73.9 Å². The van der Waals surface area contributed by atoms with E-state index in [1.165, 1.54) is 20.0 Å². The smallest absolute Gasteiger partial charge is 0.350 e. The first-order chi connectivity index (χ1) is 10.3. The number of esters is 2. The maximum atomic E-state index is 11.8. The molecule has 0 aliphatic carbocycles. The van der Waals surface area contributed by atoms with Gasteiger partial charge >= 0.3 is 11.9 Å². The Morgan fingerprint density at radius 2 is 1.73 bits per heavy atom. The number of nitrogens with one attached hydrogen (secondary N) is 1. The Labute approximate surface area is 129 Å². The minimum Gasteiger partial charge on any atom is -0.489 e. The second kappa shape index (κ2) is 6.09. The molecule has 1 aromatic carbocycles. The summed E-state index contributed by atoms with van der Waals surface area (Å²) in [6, 6.07) is 7.22. The molecule has 6 nitrogen and oxygen atoms in total. The van der Waals surface area contributed by atoms with Crippen LogP contribution in [0.15, 0.2) is 36.0 Å². The molecule has 0 unspecified atom stereocenters. The lowest BCUT2D eigenvalue weighted by Crippen LogP contribution is -2.42. The minimum absolute atomic E-state index is 0.000938. The summed E-state index contributed by atoms with van der Waals surface area (Å²) < 4.78 is 15.7. The van der Waals surface area contributed by atoms with Gasteiger partial charge in [-0.2, -0.15) is 0 Å². The molecular weight excluding hydrogens is 286 g/mol. The zero-order valence-corrected chi connectivity index (χ0v) is 13.0. The van der Waals surface area contributed by atoms with E-state index in [9.17, 15) is 9.59 Å². The number of hydrogen-bond acceptors (Lipinski definition) is 6. The molecule has 0 bridgehead atoms. The molecule has 0 atom stereocenters. The van der Waals surface area contributed by atoms with Crippen LogP contribution in [0.4, 0.5) is 5.69 Å². The molecule has 1 aliphatic heterocycles. The zero-order chi connectivity index (χ0) is 16.3. The van der Waals surface area contributed by atoms with Crippen molar-refractivity contribution in [3.8, 4) is 5.75 Å². The summed E-state index contributed by atoms with van der Waals surface area (Å²) >= 11 is 0. The molecule has 0 spiro atoms. The van der Waals surface area contributed by atoms with Crippen molar-refractivity contribution in [2.45, 2.75) is 39.6 Å². The lowest BCUT2D eigenvalue weighted by Gasteiger charge is -2.29.